The Balaban J connectivity index is 1.36. The van der Waals surface area contributed by atoms with Gasteiger partial charge in [-0.05, 0) is 54.7 Å². The van der Waals surface area contributed by atoms with Crippen LogP contribution < -0.4 is 5.32 Å². The largest absolute Gasteiger partial charge is 0.358 e. The molecule has 0 fully saturated rings. The third-order valence-corrected chi connectivity index (χ3v) is 7.73. The normalized spacial score (nSPS) is 11.8. The average molecular weight is 547 g/mol. The fourth-order valence-electron chi connectivity index (χ4n) is 4.73. The van der Waals surface area contributed by atoms with Crippen LogP contribution in [0.1, 0.15) is 39.0 Å². The number of hydrogen-bond acceptors (Lipinski definition) is 7. The van der Waals surface area contributed by atoms with Gasteiger partial charge in [0.05, 0.1) is 34.8 Å². The topological polar surface area (TPSA) is 108 Å². The summed E-state index contributed by atoms with van der Waals surface area (Å²) in [5.74, 6) is 0.641. The van der Waals surface area contributed by atoms with E-state index in [4.69, 9.17) is 4.98 Å². The quantitative estimate of drug-likeness (QED) is 0.187. The number of allylic oxidation sites excluding steroid dienone is 2. The summed E-state index contributed by atoms with van der Waals surface area (Å²) >= 11 is 1.70. The number of rotatable bonds is 7. The third kappa shape index (κ3) is 5.03. The van der Waals surface area contributed by atoms with E-state index in [0.29, 0.717) is 17.2 Å². The molecule has 3 N–H and O–H groups in total. The van der Waals surface area contributed by atoms with Crippen LogP contribution in [-0.4, -0.2) is 35.1 Å². The van der Waals surface area contributed by atoms with Gasteiger partial charge in [0.15, 0.2) is 11.5 Å². The minimum absolute atomic E-state index is 0.143. The standard InChI is InChI=1S/C31H30N8S/c1-17(2)25-7-8-26(40-25)21-9-10-33-29-27(21)36-30(37-29)28-22-12-23(34-16-24(22)38-39-28)19-11-20(15-32-14-19)35-18(3)13-31(4,5)6/h7-12,14-16,35H,1,3,13H2,2,4-6H3,(H,38,39)(H,33,36,37). The van der Waals surface area contributed by atoms with Crippen molar-refractivity contribution in [3.63, 3.8) is 0 Å². The van der Waals surface area contributed by atoms with E-state index in [2.05, 4.69) is 81.5 Å². The van der Waals surface area contributed by atoms with E-state index in [1.54, 1.807) is 29.9 Å². The number of thiophene rings is 1. The Morgan fingerprint density at radius 2 is 1.90 bits per heavy atom. The summed E-state index contributed by atoms with van der Waals surface area (Å²) in [5, 5.41) is 12.0. The van der Waals surface area contributed by atoms with Crippen LogP contribution in [-0.2, 0) is 0 Å². The van der Waals surface area contributed by atoms with E-state index in [-0.39, 0.29) is 5.41 Å². The first-order chi connectivity index (χ1) is 19.1. The number of aromatic nitrogens is 7. The lowest BCUT2D eigenvalue weighted by molar-refractivity contribution is 0.411. The molecule has 0 aromatic carbocycles. The Labute approximate surface area is 236 Å². The molecule has 6 rings (SSSR count). The number of nitrogens with one attached hydrogen (secondary N) is 3. The summed E-state index contributed by atoms with van der Waals surface area (Å²) in [7, 11) is 0. The van der Waals surface area contributed by atoms with Gasteiger partial charge in [-0.1, -0.05) is 33.9 Å². The van der Waals surface area contributed by atoms with Crippen molar-refractivity contribution in [3.05, 3.63) is 78.9 Å². The van der Waals surface area contributed by atoms with E-state index in [9.17, 15) is 0 Å². The molecule has 0 amide bonds. The summed E-state index contributed by atoms with van der Waals surface area (Å²) < 4.78 is 0. The van der Waals surface area contributed by atoms with Gasteiger partial charge in [0, 0.05) is 44.4 Å². The second-order valence-corrected chi connectivity index (χ2v) is 12.3. The summed E-state index contributed by atoms with van der Waals surface area (Å²) in [6.07, 6.45) is 8.04. The van der Waals surface area contributed by atoms with Crippen molar-refractivity contribution in [2.75, 3.05) is 5.32 Å². The summed E-state index contributed by atoms with van der Waals surface area (Å²) in [5.41, 5.74) is 8.77. The first kappa shape index (κ1) is 25.6. The molecule has 6 heterocycles. The third-order valence-electron chi connectivity index (χ3n) is 6.45. The first-order valence-electron chi connectivity index (χ1n) is 13.0. The van der Waals surface area contributed by atoms with Gasteiger partial charge in [0.1, 0.15) is 5.69 Å². The maximum Gasteiger partial charge on any atom is 0.178 e. The molecule has 0 spiro atoms. The molecule has 0 unspecified atom stereocenters. The summed E-state index contributed by atoms with van der Waals surface area (Å²) in [4.78, 5) is 24.2. The Bertz CT molecular complexity index is 1900. The molecular formula is C31H30N8S. The maximum absolute atomic E-state index is 4.80. The maximum atomic E-state index is 4.80. The van der Waals surface area contributed by atoms with Crippen LogP contribution in [0.15, 0.2) is 74.0 Å². The SMILES string of the molecule is C=C(CC(C)(C)C)Nc1cncc(-c2cc3c(-c4nc5nccc(-c6ccc(C(=C)C)s6)c5[nH]4)n[nH]c3cn2)c1. The predicted octanol–water partition coefficient (Wildman–Crippen LogP) is 8.08. The molecule has 0 saturated carbocycles. The molecule has 0 aliphatic rings. The molecule has 40 heavy (non-hydrogen) atoms. The van der Waals surface area contributed by atoms with Crippen LogP contribution in [0.2, 0.25) is 0 Å². The second-order valence-electron chi connectivity index (χ2n) is 11.2. The van der Waals surface area contributed by atoms with Crippen molar-refractivity contribution in [3.8, 4) is 33.2 Å². The lowest BCUT2D eigenvalue weighted by Crippen LogP contribution is -2.10. The Hall–Kier alpha value is -4.63. The number of anilines is 1. The van der Waals surface area contributed by atoms with Crippen molar-refractivity contribution >= 4 is 44.7 Å². The van der Waals surface area contributed by atoms with Gasteiger partial charge < -0.3 is 10.3 Å². The van der Waals surface area contributed by atoms with Crippen molar-refractivity contribution in [2.24, 2.45) is 5.41 Å². The fraction of sp³-hybridized carbons (Fsp3) is 0.194. The Kier molecular flexibility index (Phi) is 6.31. The van der Waals surface area contributed by atoms with E-state index in [1.807, 2.05) is 31.3 Å². The zero-order valence-electron chi connectivity index (χ0n) is 23.0. The molecule has 0 aliphatic carbocycles. The molecule has 0 saturated heterocycles. The highest BCUT2D eigenvalue weighted by atomic mass is 32.1. The van der Waals surface area contributed by atoms with Crippen LogP contribution in [0.3, 0.4) is 0 Å². The average Bonchev–Trinajstić information content (AvgIpc) is 3.65. The van der Waals surface area contributed by atoms with Crippen molar-refractivity contribution in [2.45, 2.75) is 34.1 Å². The van der Waals surface area contributed by atoms with E-state index in [0.717, 1.165) is 66.4 Å². The minimum atomic E-state index is 0.143. The minimum Gasteiger partial charge on any atom is -0.358 e. The summed E-state index contributed by atoms with van der Waals surface area (Å²) in [6.45, 7) is 16.8. The second kappa shape index (κ2) is 9.84. The van der Waals surface area contributed by atoms with Crippen molar-refractivity contribution in [1.29, 1.82) is 0 Å². The Morgan fingerprint density at radius 3 is 2.67 bits per heavy atom. The fourth-order valence-corrected chi connectivity index (χ4v) is 5.70. The highest BCUT2D eigenvalue weighted by Crippen LogP contribution is 2.36. The van der Waals surface area contributed by atoms with E-state index < -0.39 is 0 Å². The number of H-pyrrole nitrogens is 2. The molecule has 0 atom stereocenters. The van der Waals surface area contributed by atoms with Crippen LogP contribution >= 0.6 is 11.3 Å². The van der Waals surface area contributed by atoms with Gasteiger partial charge in [0.2, 0.25) is 0 Å². The molecule has 0 radical (unpaired) electrons. The van der Waals surface area contributed by atoms with Crippen molar-refractivity contribution < 1.29 is 0 Å². The predicted molar refractivity (Wildman–Crippen MR) is 165 cm³/mol. The number of fused-ring (bicyclic) bond motifs is 2. The lowest BCUT2D eigenvalue weighted by Gasteiger charge is -2.20. The smallest absolute Gasteiger partial charge is 0.178 e. The monoisotopic (exact) mass is 546 g/mol. The zero-order valence-corrected chi connectivity index (χ0v) is 23.8. The first-order valence-corrected chi connectivity index (χ1v) is 13.8. The molecule has 6 aromatic rings. The molecule has 200 valence electrons. The molecular weight excluding hydrogens is 516 g/mol. The number of aromatic amines is 2. The van der Waals surface area contributed by atoms with Gasteiger partial charge in [-0.2, -0.15) is 5.10 Å². The number of nitrogens with zero attached hydrogens (tertiary/aromatic N) is 5. The highest BCUT2D eigenvalue weighted by molar-refractivity contribution is 7.16. The summed E-state index contributed by atoms with van der Waals surface area (Å²) in [6, 6.07) is 10.3. The van der Waals surface area contributed by atoms with E-state index in [1.165, 1.54) is 0 Å². The van der Waals surface area contributed by atoms with Crippen LogP contribution in [0.5, 0.6) is 0 Å². The zero-order chi connectivity index (χ0) is 28.0. The van der Waals surface area contributed by atoms with Gasteiger partial charge in [-0.3, -0.25) is 15.1 Å². The Morgan fingerprint density at radius 1 is 1.05 bits per heavy atom. The van der Waals surface area contributed by atoms with Gasteiger partial charge in [0.25, 0.3) is 0 Å². The number of imidazole rings is 1. The number of hydrogen-bond donors (Lipinski definition) is 3. The molecule has 9 heteroatoms. The molecule has 6 aromatic heterocycles. The van der Waals surface area contributed by atoms with Crippen molar-refractivity contribution in [1.82, 2.24) is 35.1 Å². The highest BCUT2D eigenvalue weighted by Gasteiger charge is 2.18. The van der Waals surface area contributed by atoms with Crippen LogP contribution in [0, 0.1) is 5.41 Å². The molecule has 0 aliphatic heterocycles. The molecule has 8 nitrogen and oxygen atoms in total. The van der Waals surface area contributed by atoms with Crippen LogP contribution in [0.4, 0.5) is 5.69 Å². The van der Waals surface area contributed by atoms with Gasteiger partial charge in [-0.25, -0.2) is 9.97 Å². The van der Waals surface area contributed by atoms with Crippen LogP contribution in [0.25, 0.3) is 60.9 Å². The lowest BCUT2D eigenvalue weighted by atomic mass is 9.91. The van der Waals surface area contributed by atoms with Gasteiger partial charge in [-0.15, -0.1) is 11.3 Å². The number of pyridine rings is 3. The van der Waals surface area contributed by atoms with Gasteiger partial charge >= 0.3 is 0 Å². The van der Waals surface area contributed by atoms with E-state index >= 15 is 0 Å². The molecule has 0 bridgehead atoms.